The van der Waals surface area contributed by atoms with Gasteiger partial charge >= 0.3 is 5.97 Å². The van der Waals surface area contributed by atoms with Crippen molar-refractivity contribution in [3.63, 3.8) is 0 Å². The first-order valence-electron chi connectivity index (χ1n) is 6.90. The molecule has 0 bridgehead atoms. The maximum atomic E-state index is 13.5. The van der Waals surface area contributed by atoms with E-state index >= 15 is 0 Å². The fourth-order valence-electron chi connectivity index (χ4n) is 1.78. The molecular formula is C17H11Cl3FNO3. The predicted octanol–water partition coefficient (Wildman–Crippen LogP) is 4.98. The number of hydrogen-bond acceptors (Lipinski definition) is 3. The van der Waals surface area contributed by atoms with Gasteiger partial charge < -0.3 is 10.1 Å². The van der Waals surface area contributed by atoms with Crippen molar-refractivity contribution in [3.05, 3.63) is 68.9 Å². The van der Waals surface area contributed by atoms with Gasteiger partial charge in [-0.2, -0.15) is 0 Å². The van der Waals surface area contributed by atoms with Crippen molar-refractivity contribution in [1.29, 1.82) is 0 Å². The molecule has 0 unspecified atom stereocenters. The van der Waals surface area contributed by atoms with Crippen molar-refractivity contribution in [2.45, 2.75) is 0 Å². The number of nitrogens with one attached hydrogen (secondary N) is 1. The first kappa shape index (κ1) is 19.2. The van der Waals surface area contributed by atoms with E-state index in [-0.39, 0.29) is 15.6 Å². The minimum atomic E-state index is -0.816. The van der Waals surface area contributed by atoms with Crippen LogP contribution in [0.1, 0.15) is 5.56 Å². The molecule has 4 nitrogen and oxygen atoms in total. The summed E-state index contributed by atoms with van der Waals surface area (Å²) in [5.74, 6) is -1.96. The first-order chi connectivity index (χ1) is 11.9. The molecule has 0 fully saturated rings. The van der Waals surface area contributed by atoms with Crippen molar-refractivity contribution in [2.75, 3.05) is 11.9 Å². The van der Waals surface area contributed by atoms with Crippen molar-refractivity contribution < 1.29 is 18.7 Å². The molecule has 0 atom stereocenters. The van der Waals surface area contributed by atoms with Crippen LogP contribution in [0.2, 0.25) is 15.1 Å². The topological polar surface area (TPSA) is 55.4 Å². The number of anilines is 1. The van der Waals surface area contributed by atoms with Gasteiger partial charge in [-0.25, -0.2) is 9.18 Å². The summed E-state index contributed by atoms with van der Waals surface area (Å²) in [4.78, 5) is 23.3. The van der Waals surface area contributed by atoms with Crippen molar-refractivity contribution >= 4 is 58.4 Å². The Morgan fingerprint density at radius 3 is 2.52 bits per heavy atom. The second-order valence-electron chi connectivity index (χ2n) is 4.75. The number of amides is 1. The Morgan fingerprint density at radius 1 is 1.08 bits per heavy atom. The van der Waals surface area contributed by atoms with Gasteiger partial charge in [-0.3, -0.25) is 4.79 Å². The summed E-state index contributed by atoms with van der Waals surface area (Å²) in [6, 6.07) is 8.67. The van der Waals surface area contributed by atoms with Crippen LogP contribution in [-0.4, -0.2) is 18.5 Å². The zero-order chi connectivity index (χ0) is 18.4. The van der Waals surface area contributed by atoms with Gasteiger partial charge in [0.15, 0.2) is 6.61 Å². The molecule has 1 N–H and O–H groups in total. The van der Waals surface area contributed by atoms with E-state index in [1.54, 1.807) is 6.07 Å². The number of benzene rings is 2. The number of rotatable bonds is 5. The highest BCUT2D eigenvalue weighted by molar-refractivity contribution is 6.42. The third-order valence-corrected chi connectivity index (χ3v) is 4.00. The highest BCUT2D eigenvalue weighted by Crippen LogP contribution is 2.25. The summed E-state index contributed by atoms with van der Waals surface area (Å²) in [5, 5.41) is 3.28. The summed E-state index contributed by atoms with van der Waals surface area (Å²) in [6.45, 7) is -0.519. The van der Waals surface area contributed by atoms with Gasteiger partial charge in [0, 0.05) is 17.3 Å². The predicted molar refractivity (Wildman–Crippen MR) is 96.5 cm³/mol. The standard InChI is InChI=1S/C17H11Cl3FNO3/c18-12-2-1-3-15(21)11(12)5-7-17(24)25-9-16(23)22-10-4-6-13(19)14(20)8-10/h1-8H,9H2,(H,22,23). The van der Waals surface area contributed by atoms with Crippen molar-refractivity contribution in [2.24, 2.45) is 0 Å². The molecule has 8 heteroatoms. The fourth-order valence-corrected chi connectivity index (χ4v) is 2.30. The lowest BCUT2D eigenvalue weighted by Crippen LogP contribution is -2.20. The molecule has 130 valence electrons. The lowest BCUT2D eigenvalue weighted by molar-refractivity contribution is -0.142. The Balaban J connectivity index is 1.88. The minimum Gasteiger partial charge on any atom is -0.452 e. The molecule has 25 heavy (non-hydrogen) atoms. The second kappa shape index (κ2) is 8.85. The number of carbonyl (C=O) groups is 2. The molecule has 0 saturated heterocycles. The van der Waals surface area contributed by atoms with Crippen LogP contribution >= 0.6 is 34.8 Å². The lowest BCUT2D eigenvalue weighted by atomic mass is 10.2. The Hall–Kier alpha value is -2.08. The Morgan fingerprint density at radius 2 is 1.84 bits per heavy atom. The van der Waals surface area contributed by atoms with Crippen LogP contribution in [0.5, 0.6) is 0 Å². The van der Waals surface area contributed by atoms with Crippen LogP contribution < -0.4 is 5.32 Å². The van der Waals surface area contributed by atoms with E-state index in [9.17, 15) is 14.0 Å². The summed E-state index contributed by atoms with van der Waals surface area (Å²) in [5.41, 5.74) is 0.463. The fraction of sp³-hybridized carbons (Fsp3) is 0.0588. The molecule has 0 aliphatic rings. The highest BCUT2D eigenvalue weighted by Gasteiger charge is 2.08. The van der Waals surface area contributed by atoms with Crippen LogP contribution in [0.4, 0.5) is 10.1 Å². The first-order valence-corrected chi connectivity index (χ1v) is 8.04. The van der Waals surface area contributed by atoms with E-state index in [4.69, 9.17) is 39.5 Å². The number of hydrogen-bond donors (Lipinski definition) is 1. The van der Waals surface area contributed by atoms with Gasteiger partial charge in [-0.15, -0.1) is 0 Å². The Labute approximate surface area is 158 Å². The summed E-state index contributed by atoms with van der Waals surface area (Å²) < 4.78 is 18.3. The average Bonchev–Trinajstić information content (AvgIpc) is 2.56. The number of carbonyl (C=O) groups excluding carboxylic acids is 2. The summed E-state index contributed by atoms with van der Waals surface area (Å²) in [6.07, 6.45) is 2.16. The van der Waals surface area contributed by atoms with E-state index in [1.807, 2.05) is 0 Å². The highest BCUT2D eigenvalue weighted by atomic mass is 35.5. The lowest BCUT2D eigenvalue weighted by Gasteiger charge is -2.06. The molecular weight excluding hydrogens is 392 g/mol. The van der Waals surface area contributed by atoms with Crippen LogP contribution in [0.3, 0.4) is 0 Å². The van der Waals surface area contributed by atoms with Gasteiger partial charge in [0.2, 0.25) is 0 Å². The zero-order valence-corrected chi connectivity index (χ0v) is 14.8. The monoisotopic (exact) mass is 401 g/mol. The molecule has 0 radical (unpaired) electrons. The molecule has 2 aromatic rings. The van der Waals surface area contributed by atoms with E-state index < -0.39 is 24.3 Å². The van der Waals surface area contributed by atoms with E-state index in [0.29, 0.717) is 10.7 Å². The average molecular weight is 403 g/mol. The second-order valence-corrected chi connectivity index (χ2v) is 5.98. The third-order valence-electron chi connectivity index (χ3n) is 2.93. The molecule has 2 aromatic carbocycles. The summed E-state index contributed by atoms with van der Waals surface area (Å²) in [7, 11) is 0. The SMILES string of the molecule is O=C(COC(=O)C=Cc1c(F)cccc1Cl)Nc1ccc(Cl)c(Cl)c1. The summed E-state index contributed by atoms with van der Waals surface area (Å²) >= 11 is 17.4. The molecule has 0 spiro atoms. The Bertz CT molecular complexity index is 820. The molecule has 0 aromatic heterocycles. The molecule has 0 heterocycles. The number of ether oxygens (including phenoxy) is 1. The molecule has 0 saturated carbocycles. The van der Waals surface area contributed by atoms with Gasteiger partial charge in [-0.05, 0) is 36.4 Å². The zero-order valence-electron chi connectivity index (χ0n) is 12.6. The van der Waals surface area contributed by atoms with E-state index in [1.165, 1.54) is 36.4 Å². The largest absolute Gasteiger partial charge is 0.452 e. The van der Waals surface area contributed by atoms with Gasteiger partial charge in [0.25, 0.3) is 5.91 Å². The quantitative estimate of drug-likeness (QED) is 0.567. The van der Waals surface area contributed by atoms with Crippen molar-refractivity contribution in [3.8, 4) is 0 Å². The molecule has 1 amide bonds. The van der Waals surface area contributed by atoms with Crippen molar-refractivity contribution in [1.82, 2.24) is 0 Å². The van der Waals surface area contributed by atoms with Gasteiger partial charge in [0.1, 0.15) is 5.82 Å². The van der Waals surface area contributed by atoms with Crippen LogP contribution in [0.15, 0.2) is 42.5 Å². The van der Waals surface area contributed by atoms with Crippen LogP contribution in [0.25, 0.3) is 6.08 Å². The minimum absolute atomic E-state index is 0.0568. The molecule has 2 rings (SSSR count). The maximum Gasteiger partial charge on any atom is 0.331 e. The van der Waals surface area contributed by atoms with E-state index in [0.717, 1.165) is 6.08 Å². The smallest absolute Gasteiger partial charge is 0.331 e. The third kappa shape index (κ3) is 5.74. The molecule has 0 aliphatic heterocycles. The van der Waals surface area contributed by atoms with Crippen LogP contribution in [-0.2, 0) is 14.3 Å². The van der Waals surface area contributed by atoms with Crippen LogP contribution in [0, 0.1) is 5.82 Å². The maximum absolute atomic E-state index is 13.5. The van der Waals surface area contributed by atoms with E-state index in [2.05, 4.69) is 5.32 Å². The number of esters is 1. The number of halogens is 4. The normalized spacial score (nSPS) is 10.7. The Kier molecular flexibility index (Phi) is 6.82. The van der Waals surface area contributed by atoms with Gasteiger partial charge in [-0.1, -0.05) is 40.9 Å². The molecule has 0 aliphatic carbocycles. The van der Waals surface area contributed by atoms with Gasteiger partial charge in [0.05, 0.1) is 15.1 Å².